The SMILES string of the molecule is Cc1nc2c(C(N)=O)cnn2c(C)c1CCC(=O)N(C)CCCOc1ccccc1. The highest BCUT2D eigenvalue weighted by Crippen LogP contribution is 2.19. The zero-order chi connectivity index (χ0) is 21.7. The molecule has 1 aromatic carbocycles. The van der Waals surface area contributed by atoms with Crippen molar-refractivity contribution in [3.05, 3.63) is 59.0 Å². The molecule has 0 aliphatic heterocycles. The van der Waals surface area contributed by atoms with E-state index in [0.717, 1.165) is 29.1 Å². The zero-order valence-electron chi connectivity index (χ0n) is 17.6. The molecule has 0 saturated carbocycles. The lowest BCUT2D eigenvalue weighted by molar-refractivity contribution is -0.129. The number of carbonyl (C=O) groups excluding carboxylic acids is 2. The topological polar surface area (TPSA) is 103 Å². The average molecular weight is 409 g/mol. The van der Waals surface area contributed by atoms with Crippen molar-refractivity contribution in [2.45, 2.75) is 33.1 Å². The highest BCUT2D eigenvalue weighted by Gasteiger charge is 2.18. The lowest BCUT2D eigenvalue weighted by Crippen LogP contribution is -2.29. The number of aromatic nitrogens is 3. The molecule has 0 bridgehead atoms. The Balaban J connectivity index is 1.54. The Hall–Kier alpha value is -3.42. The van der Waals surface area contributed by atoms with Crippen LogP contribution in [-0.4, -0.2) is 51.5 Å². The number of hydrogen-bond donors (Lipinski definition) is 1. The lowest BCUT2D eigenvalue weighted by atomic mass is 10.1. The number of carbonyl (C=O) groups is 2. The molecule has 2 amide bonds. The van der Waals surface area contributed by atoms with Crippen molar-refractivity contribution in [2.75, 3.05) is 20.2 Å². The predicted molar refractivity (Wildman–Crippen MR) is 113 cm³/mol. The molecule has 3 aromatic rings. The van der Waals surface area contributed by atoms with E-state index in [1.807, 2.05) is 44.2 Å². The fourth-order valence-corrected chi connectivity index (χ4v) is 3.40. The molecule has 2 aromatic heterocycles. The number of fused-ring (bicyclic) bond motifs is 1. The number of amides is 2. The molecule has 8 heteroatoms. The molecule has 0 unspecified atom stereocenters. The van der Waals surface area contributed by atoms with Gasteiger partial charge in [-0.15, -0.1) is 0 Å². The van der Waals surface area contributed by atoms with Crippen LogP contribution in [-0.2, 0) is 11.2 Å². The highest BCUT2D eigenvalue weighted by molar-refractivity contribution is 5.98. The molecule has 0 aliphatic rings. The van der Waals surface area contributed by atoms with E-state index in [-0.39, 0.29) is 5.91 Å². The van der Waals surface area contributed by atoms with Crippen LogP contribution in [0.5, 0.6) is 5.75 Å². The summed E-state index contributed by atoms with van der Waals surface area (Å²) in [6.45, 7) is 4.96. The Labute approximate surface area is 175 Å². The Bertz CT molecular complexity index is 1050. The minimum atomic E-state index is -0.558. The second kappa shape index (κ2) is 9.39. The van der Waals surface area contributed by atoms with Gasteiger partial charge < -0.3 is 15.4 Å². The van der Waals surface area contributed by atoms with E-state index < -0.39 is 5.91 Å². The van der Waals surface area contributed by atoms with Gasteiger partial charge in [0.05, 0.1) is 12.8 Å². The maximum Gasteiger partial charge on any atom is 0.254 e. The molecule has 0 spiro atoms. The molecule has 8 nitrogen and oxygen atoms in total. The Morgan fingerprint density at radius 1 is 1.20 bits per heavy atom. The number of ether oxygens (including phenoxy) is 1. The predicted octanol–water partition coefficient (Wildman–Crippen LogP) is 2.31. The summed E-state index contributed by atoms with van der Waals surface area (Å²) in [7, 11) is 1.80. The summed E-state index contributed by atoms with van der Waals surface area (Å²) in [5.41, 5.74) is 8.71. The summed E-state index contributed by atoms with van der Waals surface area (Å²) in [5, 5.41) is 4.22. The average Bonchev–Trinajstić information content (AvgIpc) is 3.15. The Morgan fingerprint density at radius 2 is 1.93 bits per heavy atom. The van der Waals surface area contributed by atoms with Gasteiger partial charge in [0.1, 0.15) is 11.3 Å². The van der Waals surface area contributed by atoms with Crippen LogP contribution >= 0.6 is 0 Å². The van der Waals surface area contributed by atoms with E-state index in [1.54, 1.807) is 16.5 Å². The van der Waals surface area contributed by atoms with E-state index in [0.29, 0.717) is 37.2 Å². The number of aryl methyl sites for hydroxylation is 2. The van der Waals surface area contributed by atoms with Crippen molar-refractivity contribution in [2.24, 2.45) is 5.73 Å². The van der Waals surface area contributed by atoms with Crippen LogP contribution in [0.3, 0.4) is 0 Å². The van der Waals surface area contributed by atoms with Crippen LogP contribution < -0.4 is 10.5 Å². The van der Waals surface area contributed by atoms with E-state index in [4.69, 9.17) is 10.5 Å². The van der Waals surface area contributed by atoms with Crippen molar-refractivity contribution >= 4 is 17.5 Å². The van der Waals surface area contributed by atoms with Gasteiger partial charge in [0.2, 0.25) is 5.91 Å². The molecular weight excluding hydrogens is 382 g/mol. The maximum absolute atomic E-state index is 12.5. The van der Waals surface area contributed by atoms with E-state index >= 15 is 0 Å². The van der Waals surface area contributed by atoms with Gasteiger partial charge >= 0.3 is 0 Å². The first kappa shape index (κ1) is 21.3. The number of para-hydroxylation sites is 1. The van der Waals surface area contributed by atoms with Crippen LogP contribution in [0.25, 0.3) is 5.65 Å². The minimum absolute atomic E-state index is 0.0619. The highest BCUT2D eigenvalue weighted by atomic mass is 16.5. The van der Waals surface area contributed by atoms with Crippen LogP contribution in [0, 0.1) is 13.8 Å². The first-order valence-electron chi connectivity index (χ1n) is 9.94. The standard InChI is InChI=1S/C22H27N5O3/c1-15-18(16(2)27-22(25-15)19(14-24-27)21(23)29)10-11-20(28)26(3)12-7-13-30-17-8-5-4-6-9-17/h4-6,8-9,14H,7,10-13H2,1-3H3,(H2,23,29). The number of nitrogens with two attached hydrogens (primary N) is 1. The molecule has 0 aliphatic carbocycles. The van der Waals surface area contributed by atoms with E-state index in [2.05, 4.69) is 10.1 Å². The molecule has 30 heavy (non-hydrogen) atoms. The van der Waals surface area contributed by atoms with Crippen LogP contribution in [0.2, 0.25) is 0 Å². The van der Waals surface area contributed by atoms with Crippen molar-refractivity contribution in [1.29, 1.82) is 0 Å². The maximum atomic E-state index is 12.5. The Kier molecular flexibility index (Phi) is 6.66. The van der Waals surface area contributed by atoms with Crippen molar-refractivity contribution in [1.82, 2.24) is 19.5 Å². The molecule has 0 atom stereocenters. The molecule has 158 valence electrons. The lowest BCUT2D eigenvalue weighted by Gasteiger charge is -2.18. The summed E-state index contributed by atoms with van der Waals surface area (Å²) in [4.78, 5) is 30.3. The third-order valence-corrected chi connectivity index (χ3v) is 5.14. The normalized spacial score (nSPS) is 10.9. The third-order valence-electron chi connectivity index (χ3n) is 5.14. The fraction of sp³-hybridized carbons (Fsp3) is 0.364. The second-order valence-corrected chi connectivity index (χ2v) is 7.25. The summed E-state index contributed by atoms with van der Waals surface area (Å²) < 4.78 is 7.28. The monoisotopic (exact) mass is 409 g/mol. The Morgan fingerprint density at radius 3 is 2.63 bits per heavy atom. The van der Waals surface area contributed by atoms with Gasteiger partial charge in [-0.05, 0) is 44.4 Å². The smallest absolute Gasteiger partial charge is 0.254 e. The van der Waals surface area contributed by atoms with Crippen molar-refractivity contribution in [3.63, 3.8) is 0 Å². The van der Waals surface area contributed by atoms with Crippen LogP contribution in [0.4, 0.5) is 0 Å². The van der Waals surface area contributed by atoms with E-state index in [9.17, 15) is 9.59 Å². The fourth-order valence-electron chi connectivity index (χ4n) is 3.40. The van der Waals surface area contributed by atoms with Crippen molar-refractivity contribution < 1.29 is 14.3 Å². The van der Waals surface area contributed by atoms with Gasteiger partial charge in [0.25, 0.3) is 5.91 Å². The second-order valence-electron chi connectivity index (χ2n) is 7.25. The third kappa shape index (κ3) is 4.76. The first-order chi connectivity index (χ1) is 14.4. The summed E-state index contributed by atoms with van der Waals surface area (Å²) in [6, 6.07) is 9.63. The number of nitrogens with zero attached hydrogens (tertiary/aromatic N) is 4. The summed E-state index contributed by atoms with van der Waals surface area (Å²) >= 11 is 0. The van der Waals surface area contributed by atoms with Gasteiger partial charge in [-0.2, -0.15) is 5.10 Å². The van der Waals surface area contributed by atoms with Gasteiger partial charge in [0, 0.05) is 31.4 Å². The van der Waals surface area contributed by atoms with E-state index in [1.165, 1.54) is 6.20 Å². The molecular formula is C22H27N5O3. The van der Waals surface area contributed by atoms with Crippen LogP contribution in [0.1, 0.15) is 40.2 Å². The summed E-state index contributed by atoms with van der Waals surface area (Å²) in [6.07, 6.45) is 3.11. The number of benzene rings is 1. The molecule has 2 N–H and O–H groups in total. The van der Waals surface area contributed by atoms with Gasteiger partial charge in [-0.3, -0.25) is 9.59 Å². The first-order valence-corrected chi connectivity index (χ1v) is 9.94. The molecule has 0 radical (unpaired) electrons. The number of primary amides is 1. The number of hydrogen-bond acceptors (Lipinski definition) is 5. The summed E-state index contributed by atoms with van der Waals surface area (Å²) in [5.74, 6) is 0.336. The largest absolute Gasteiger partial charge is 0.494 e. The quantitative estimate of drug-likeness (QED) is 0.546. The van der Waals surface area contributed by atoms with Gasteiger partial charge in [-0.25, -0.2) is 9.50 Å². The molecule has 3 rings (SSSR count). The molecule has 2 heterocycles. The molecule has 0 saturated heterocycles. The molecule has 0 fully saturated rings. The van der Waals surface area contributed by atoms with Crippen molar-refractivity contribution in [3.8, 4) is 5.75 Å². The van der Waals surface area contributed by atoms with Gasteiger partial charge in [-0.1, -0.05) is 18.2 Å². The van der Waals surface area contributed by atoms with Crippen LogP contribution in [0.15, 0.2) is 36.5 Å². The van der Waals surface area contributed by atoms with Gasteiger partial charge in [0.15, 0.2) is 5.65 Å². The zero-order valence-corrected chi connectivity index (χ0v) is 17.6. The minimum Gasteiger partial charge on any atom is -0.494 e. The number of rotatable bonds is 9.